The normalized spacial score (nSPS) is 12.3. The molecule has 5 nitrogen and oxygen atoms in total. The van der Waals surface area contributed by atoms with Gasteiger partial charge in [0.05, 0.1) is 18.0 Å². The van der Waals surface area contributed by atoms with Gasteiger partial charge in [0.2, 0.25) is 0 Å². The lowest BCUT2D eigenvalue weighted by molar-refractivity contribution is 0.182. The minimum atomic E-state index is 0.186. The average molecular weight is 309 g/mol. The van der Waals surface area contributed by atoms with E-state index in [0.717, 1.165) is 24.2 Å². The predicted octanol–water partition coefficient (Wildman–Crippen LogP) is 2.69. The molecule has 0 aliphatic heterocycles. The second-order valence-electron chi connectivity index (χ2n) is 4.84. The number of methoxy groups -OCH3 is 1. The zero-order chi connectivity index (χ0) is 15.1. The molecule has 2 aromatic rings. The highest BCUT2D eigenvalue weighted by molar-refractivity contribution is 6.31. The predicted molar refractivity (Wildman–Crippen MR) is 86.1 cm³/mol. The highest BCUT2D eigenvalue weighted by atomic mass is 35.5. The molecule has 1 unspecified atom stereocenters. The molecule has 1 atom stereocenters. The molecule has 0 radical (unpaired) electrons. The maximum atomic E-state index is 6.12. The Morgan fingerprint density at radius 1 is 1.48 bits per heavy atom. The van der Waals surface area contributed by atoms with Crippen molar-refractivity contribution in [2.24, 2.45) is 5.73 Å². The molecule has 0 bridgehead atoms. The van der Waals surface area contributed by atoms with Crippen LogP contribution in [0.5, 0.6) is 0 Å². The van der Waals surface area contributed by atoms with Gasteiger partial charge in [0.1, 0.15) is 0 Å². The van der Waals surface area contributed by atoms with Crippen LogP contribution in [0.25, 0.3) is 5.69 Å². The molecule has 0 aliphatic carbocycles. The van der Waals surface area contributed by atoms with Crippen molar-refractivity contribution in [2.45, 2.75) is 18.9 Å². The molecule has 1 aromatic heterocycles. The fourth-order valence-electron chi connectivity index (χ4n) is 2.22. The molecule has 114 valence electrons. The van der Waals surface area contributed by atoms with Gasteiger partial charge in [0.15, 0.2) is 0 Å². The summed E-state index contributed by atoms with van der Waals surface area (Å²) in [4.78, 5) is 0. The van der Waals surface area contributed by atoms with Gasteiger partial charge in [-0.25, -0.2) is 4.68 Å². The zero-order valence-corrected chi connectivity index (χ0v) is 12.9. The van der Waals surface area contributed by atoms with E-state index in [1.165, 1.54) is 0 Å². The molecule has 1 heterocycles. The number of ether oxygens (including phenoxy) is 1. The van der Waals surface area contributed by atoms with E-state index in [-0.39, 0.29) is 6.04 Å². The van der Waals surface area contributed by atoms with Crippen LogP contribution in [0.2, 0.25) is 5.02 Å². The second kappa shape index (κ2) is 8.02. The summed E-state index contributed by atoms with van der Waals surface area (Å²) >= 11 is 6.12. The van der Waals surface area contributed by atoms with Crippen molar-refractivity contribution >= 4 is 17.3 Å². The molecule has 0 spiro atoms. The van der Waals surface area contributed by atoms with E-state index < -0.39 is 0 Å². The molecule has 21 heavy (non-hydrogen) atoms. The van der Waals surface area contributed by atoms with Gasteiger partial charge < -0.3 is 15.8 Å². The standard InChI is InChI=1S/C15H21ClN4O/c1-21-11-13(4-2-7-17)19-14-10-12(16)5-6-15(14)20-9-3-8-18-20/h3,5-6,8-10,13,19H,2,4,7,11,17H2,1H3. The third-order valence-corrected chi connectivity index (χ3v) is 3.43. The van der Waals surface area contributed by atoms with Crippen LogP contribution < -0.4 is 11.1 Å². The molecule has 0 aliphatic rings. The Balaban J connectivity index is 2.22. The number of rotatable bonds is 8. The van der Waals surface area contributed by atoms with E-state index in [4.69, 9.17) is 22.1 Å². The quantitative estimate of drug-likeness (QED) is 0.787. The van der Waals surface area contributed by atoms with Gasteiger partial charge in [-0.05, 0) is 43.7 Å². The van der Waals surface area contributed by atoms with E-state index in [9.17, 15) is 0 Å². The van der Waals surface area contributed by atoms with Crippen LogP contribution in [-0.2, 0) is 4.74 Å². The van der Waals surface area contributed by atoms with Crippen molar-refractivity contribution in [2.75, 3.05) is 25.6 Å². The minimum absolute atomic E-state index is 0.186. The summed E-state index contributed by atoms with van der Waals surface area (Å²) < 4.78 is 7.09. The number of anilines is 1. The lowest BCUT2D eigenvalue weighted by Crippen LogP contribution is -2.26. The topological polar surface area (TPSA) is 65.1 Å². The van der Waals surface area contributed by atoms with E-state index in [2.05, 4.69) is 10.4 Å². The minimum Gasteiger partial charge on any atom is -0.383 e. The fourth-order valence-corrected chi connectivity index (χ4v) is 2.39. The largest absolute Gasteiger partial charge is 0.383 e. The lowest BCUT2D eigenvalue weighted by atomic mass is 10.1. The van der Waals surface area contributed by atoms with Gasteiger partial charge in [0.25, 0.3) is 0 Å². The van der Waals surface area contributed by atoms with Crippen molar-refractivity contribution in [1.82, 2.24) is 9.78 Å². The maximum Gasteiger partial charge on any atom is 0.0877 e. The average Bonchev–Trinajstić information content (AvgIpc) is 2.99. The van der Waals surface area contributed by atoms with Crippen LogP contribution in [0.4, 0.5) is 5.69 Å². The molecule has 0 saturated heterocycles. The summed E-state index contributed by atoms with van der Waals surface area (Å²) in [5, 5.41) is 8.44. The van der Waals surface area contributed by atoms with Crippen LogP contribution in [-0.4, -0.2) is 36.1 Å². The molecule has 6 heteroatoms. The van der Waals surface area contributed by atoms with Gasteiger partial charge in [-0.3, -0.25) is 0 Å². The monoisotopic (exact) mass is 308 g/mol. The van der Waals surface area contributed by atoms with Gasteiger partial charge in [-0.15, -0.1) is 0 Å². The van der Waals surface area contributed by atoms with E-state index in [1.807, 2.05) is 35.1 Å². The van der Waals surface area contributed by atoms with Crippen molar-refractivity contribution in [3.8, 4) is 5.69 Å². The van der Waals surface area contributed by atoms with Crippen molar-refractivity contribution < 1.29 is 4.74 Å². The van der Waals surface area contributed by atoms with Gasteiger partial charge >= 0.3 is 0 Å². The molecule has 1 aromatic carbocycles. The summed E-state index contributed by atoms with van der Waals surface area (Å²) in [5.41, 5.74) is 7.49. The first kappa shape index (κ1) is 15.8. The SMILES string of the molecule is COCC(CCCN)Nc1cc(Cl)ccc1-n1cccn1. The number of benzene rings is 1. The number of nitrogens with zero attached hydrogens (tertiary/aromatic N) is 2. The molecular weight excluding hydrogens is 288 g/mol. The Kier molecular flexibility index (Phi) is 6.04. The summed E-state index contributed by atoms with van der Waals surface area (Å²) in [6.45, 7) is 1.29. The smallest absolute Gasteiger partial charge is 0.0877 e. The third-order valence-electron chi connectivity index (χ3n) is 3.19. The molecular formula is C15H21ClN4O. The molecule has 2 rings (SSSR count). The Morgan fingerprint density at radius 2 is 2.33 bits per heavy atom. The van der Waals surface area contributed by atoms with E-state index in [0.29, 0.717) is 18.2 Å². The summed E-state index contributed by atoms with van der Waals surface area (Å²) in [6.07, 6.45) is 5.53. The summed E-state index contributed by atoms with van der Waals surface area (Å²) in [7, 11) is 1.70. The number of halogens is 1. The molecule has 3 N–H and O–H groups in total. The first-order valence-electron chi connectivity index (χ1n) is 6.99. The number of aromatic nitrogens is 2. The summed E-state index contributed by atoms with van der Waals surface area (Å²) in [6, 6.07) is 7.79. The lowest BCUT2D eigenvalue weighted by Gasteiger charge is -2.21. The fraction of sp³-hybridized carbons (Fsp3) is 0.400. The van der Waals surface area contributed by atoms with Crippen molar-refractivity contribution in [3.05, 3.63) is 41.7 Å². The van der Waals surface area contributed by atoms with Gasteiger partial charge in [-0.1, -0.05) is 11.6 Å². The molecule has 0 fully saturated rings. The Bertz CT molecular complexity index is 545. The van der Waals surface area contributed by atoms with Crippen LogP contribution in [0.1, 0.15) is 12.8 Å². The molecule has 0 amide bonds. The summed E-state index contributed by atoms with van der Waals surface area (Å²) in [5.74, 6) is 0. The Morgan fingerprint density at radius 3 is 3.00 bits per heavy atom. The van der Waals surface area contributed by atoms with Crippen LogP contribution in [0, 0.1) is 0 Å². The van der Waals surface area contributed by atoms with Crippen LogP contribution >= 0.6 is 11.6 Å². The second-order valence-corrected chi connectivity index (χ2v) is 5.28. The van der Waals surface area contributed by atoms with Gasteiger partial charge in [0, 0.05) is 30.6 Å². The number of hydrogen-bond donors (Lipinski definition) is 2. The first-order chi connectivity index (χ1) is 10.2. The van der Waals surface area contributed by atoms with Gasteiger partial charge in [-0.2, -0.15) is 5.10 Å². The Labute approximate surface area is 130 Å². The maximum absolute atomic E-state index is 6.12. The molecule has 0 saturated carbocycles. The first-order valence-corrected chi connectivity index (χ1v) is 7.37. The number of nitrogens with one attached hydrogen (secondary N) is 1. The number of hydrogen-bond acceptors (Lipinski definition) is 4. The van der Waals surface area contributed by atoms with E-state index >= 15 is 0 Å². The van der Waals surface area contributed by atoms with E-state index in [1.54, 1.807) is 13.3 Å². The van der Waals surface area contributed by atoms with Crippen LogP contribution in [0.15, 0.2) is 36.7 Å². The third kappa shape index (κ3) is 4.46. The van der Waals surface area contributed by atoms with Crippen LogP contribution in [0.3, 0.4) is 0 Å². The van der Waals surface area contributed by atoms with Crippen molar-refractivity contribution in [1.29, 1.82) is 0 Å². The zero-order valence-electron chi connectivity index (χ0n) is 12.1. The van der Waals surface area contributed by atoms with Crippen molar-refractivity contribution in [3.63, 3.8) is 0 Å². The highest BCUT2D eigenvalue weighted by Crippen LogP contribution is 2.25. The number of nitrogens with two attached hydrogens (primary N) is 1. The highest BCUT2D eigenvalue weighted by Gasteiger charge is 2.12. The Hall–Kier alpha value is -1.56.